The van der Waals surface area contributed by atoms with Crippen molar-refractivity contribution in [2.24, 2.45) is 0 Å². The molecule has 2 aromatic rings. The second-order valence-corrected chi connectivity index (χ2v) is 8.21. The second-order valence-electron chi connectivity index (χ2n) is 8.21. The van der Waals surface area contributed by atoms with Crippen molar-refractivity contribution in [2.75, 3.05) is 6.54 Å². The molecule has 0 spiro atoms. The van der Waals surface area contributed by atoms with Crippen molar-refractivity contribution < 1.29 is 4.52 Å². The fourth-order valence-corrected chi connectivity index (χ4v) is 4.43. The van der Waals surface area contributed by atoms with Crippen molar-refractivity contribution >= 4 is 0 Å². The number of hydrogen-bond acceptors (Lipinski definition) is 5. The molecule has 6 nitrogen and oxygen atoms in total. The van der Waals surface area contributed by atoms with Gasteiger partial charge in [-0.2, -0.15) is 4.98 Å². The maximum absolute atomic E-state index is 5.64. The van der Waals surface area contributed by atoms with Crippen molar-refractivity contribution in [3.8, 4) is 0 Å². The van der Waals surface area contributed by atoms with E-state index >= 15 is 0 Å². The Labute approximate surface area is 156 Å². The van der Waals surface area contributed by atoms with Crippen molar-refractivity contribution in [1.29, 1.82) is 0 Å². The monoisotopic (exact) mass is 357 g/mol. The van der Waals surface area contributed by atoms with E-state index < -0.39 is 0 Å². The zero-order chi connectivity index (χ0) is 17.9. The lowest BCUT2D eigenvalue weighted by molar-refractivity contribution is 0.107. The van der Waals surface area contributed by atoms with Gasteiger partial charge in [0.05, 0.1) is 18.1 Å². The van der Waals surface area contributed by atoms with Gasteiger partial charge in [-0.05, 0) is 32.2 Å². The topological polar surface area (TPSA) is 60.0 Å². The average Bonchev–Trinajstić information content (AvgIpc) is 3.33. The molecule has 0 radical (unpaired) electrons. The Hall–Kier alpha value is -1.69. The first kappa shape index (κ1) is 17.7. The highest BCUT2D eigenvalue weighted by Gasteiger charge is 2.30. The fourth-order valence-electron chi connectivity index (χ4n) is 4.43. The molecule has 2 fully saturated rings. The summed E-state index contributed by atoms with van der Waals surface area (Å²) in [4.78, 5) is 11.7. The molecule has 0 bridgehead atoms. The lowest BCUT2D eigenvalue weighted by atomic mass is 9.95. The highest BCUT2D eigenvalue weighted by molar-refractivity contribution is 5.04. The number of imidazole rings is 1. The molecule has 4 rings (SSSR count). The molecule has 0 aromatic carbocycles. The minimum atomic E-state index is 0.235. The molecule has 1 aliphatic carbocycles. The summed E-state index contributed by atoms with van der Waals surface area (Å²) in [7, 11) is 0. The van der Waals surface area contributed by atoms with Crippen LogP contribution in [0.1, 0.15) is 101 Å². The van der Waals surface area contributed by atoms with Gasteiger partial charge in [-0.1, -0.05) is 44.7 Å². The largest absolute Gasteiger partial charge is 0.338 e. The maximum Gasteiger partial charge on any atom is 0.244 e. The Morgan fingerprint density at radius 3 is 2.69 bits per heavy atom. The molecule has 2 aromatic heterocycles. The lowest BCUT2D eigenvalue weighted by Gasteiger charge is -2.34. The fraction of sp³-hybridized carbons (Fsp3) is 0.750. The Kier molecular flexibility index (Phi) is 5.38. The van der Waals surface area contributed by atoms with Crippen molar-refractivity contribution in [1.82, 2.24) is 24.6 Å². The van der Waals surface area contributed by atoms with Crippen LogP contribution in [0.5, 0.6) is 0 Å². The number of piperidine rings is 1. The zero-order valence-corrected chi connectivity index (χ0v) is 16.1. The quantitative estimate of drug-likeness (QED) is 0.781. The average molecular weight is 358 g/mol. The molecule has 142 valence electrons. The Bertz CT molecular complexity index is 701. The van der Waals surface area contributed by atoms with Gasteiger partial charge in [0.15, 0.2) is 5.82 Å². The normalized spacial score (nSPS) is 23.0. The number of hydrogen-bond donors (Lipinski definition) is 0. The van der Waals surface area contributed by atoms with Crippen LogP contribution in [0.4, 0.5) is 0 Å². The van der Waals surface area contributed by atoms with E-state index in [-0.39, 0.29) is 6.04 Å². The summed E-state index contributed by atoms with van der Waals surface area (Å²) in [5, 5.41) is 4.18. The molecule has 1 atom stereocenters. The van der Waals surface area contributed by atoms with Crippen LogP contribution in [0.25, 0.3) is 0 Å². The minimum absolute atomic E-state index is 0.235. The first-order valence-electron chi connectivity index (χ1n) is 10.3. The molecule has 0 amide bonds. The molecule has 1 saturated heterocycles. The number of likely N-dealkylation sites (tertiary alicyclic amines) is 1. The number of rotatable bonds is 5. The standard InChI is InChI=1S/C20H31N5O/c1-15(2)19-22-20(26-23-19)18-10-6-7-11-24(18)13-17-12-21-14-25(17)16-8-4-3-5-9-16/h12,14-16,18H,3-11,13H2,1-2H3/t18-/m1/s1. The summed E-state index contributed by atoms with van der Waals surface area (Å²) in [5.74, 6) is 1.91. The first-order chi connectivity index (χ1) is 12.7. The van der Waals surface area contributed by atoms with Gasteiger partial charge in [0, 0.05) is 24.7 Å². The third-order valence-corrected chi connectivity index (χ3v) is 5.95. The molecule has 2 aliphatic rings. The van der Waals surface area contributed by atoms with Crippen LogP contribution in [0.3, 0.4) is 0 Å². The zero-order valence-electron chi connectivity index (χ0n) is 16.1. The van der Waals surface area contributed by atoms with Crippen LogP contribution >= 0.6 is 0 Å². The van der Waals surface area contributed by atoms with E-state index in [1.54, 1.807) is 0 Å². The van der Waals surface area contributed by atoms with Gasteiger partial charge in [-0.15, -0.1) is 0 Å². The smallest absolute Gasteiger partial charge is 0.244 e. The Morgan fingerprint density at radius 2 is 1.92 bits per heavy atom. The number of aromatic nitrogens is 4. The molecule has 0 N–H and O–H groups in total. The van der Waals surface area contributed by atoms with Crippen LogP contribution in [0.15, 0.2) is 17.0 Å². The highest BCUT2D eigenvalue weighted by Crippen LogP contribution is 2.33. The lowest BCUT2D eigenvalue weighted by Crippen LogP contribution is -2.34. The van der Waals surface area contributed by atoms with Gasteiger partial charge < -0.3 is 9.09 Å². The summed E-state index contributed by atoms with van der Waals surface area (Å²) in [6.45, 7) is 6.21. The van der Waals surface area contributed by atoms with E-state index in [9.17, 15) is 0 Å². The molecular weight excluding hydrogens is 326 g/mol. The maximum atomic E-state index is 5.64. The van der Waals surface area contributed by atoms with E-state index in [0.29, 0.717) is 12.0 Å². The van der Waals surface area contributed by atoms with E-state index in [0.717, 1.165) is 31.2 Å². The Balaban J connectivity index is 1.51. The van der Waals surface area contributed by atoms with Crippen LogP contribution in [-0.2, 0) is 6.54 Å². The Morgan fingerprint density at radius 1 is 1.12 bits per heavy atom. The predicted molar refractivity (Wildman–Crippen MR) is 99.7 cm³/mol. The van der Waals surface area contributed by atoms with Crippen molar-refractivity contribution in [3.63, 3.8) is 0 Å². The van der Waals surface area contributed by atoms with Gasteiger partial charge in [0.25, 0.3) is 0 Å². The molecular formula is C20H31N5O. The van der Waals surface area contributed by atoms with Gasteiger partial charge >= 0.3 is 0 Å². The van der Waals surface area contributed by atoms with E-state index in [1.165, 1.54) is 50.6 Å². The third-order valence-electron chi connectivity index (χ3n) is 5.95. The highest BCUT2D eigenvalue weighted by atomic mass is 16.5. The summed E-state index contributed by atoms with van der Waals surface area (Å²) in [6.07, 6.45) is 14.3. The van der Waals surface area contributed by atoms with E-state index in [2.05, 4.69) is 38.4 Å². The summed E-state index contributed by atoms with van der Waals surface area (Å²) in [6, 6.07) is 0.860. The van der Waals surface area contributed by atoms with Crippen LogP contribution in [0.2, 0.25) is 0 Å². The third kappa shape index (κ3) is 3.70. The molecule has 3 heterocycles. The second kappa shape index (κ2) is 7.91. The summed E-state index contributed by atoms with van der Waals surface area (Å²) < 4.78 is 8.06. The van der Waals surface area contributed by atoms with E-state index in [4.69, 9.17) is 4.52 Å². The SMILES string of the molecule is CC(C)c1noc([C@H]2CCCCN2Cc2cncn2C2CCCCC2)n1. The van der Waals surface area contributed by atoms with Crippen LogP contribution in [0, 0.1) is 0 Å². The summed E-state index contributed by atoms with van der Waals surface area (Å²) >= 11 is 0. The molecule has 6 heteroatoms. The molecule has 0 unspecified atom stereocenters. The number of nitrogens with zero attached hydrogens (tertiary/aromatic N) is 5. The molecule has 26 heavy (non-hydrogen) atoms. The van der Waals surface area contributed by atoms with Gasteiger partial charge in [0.2, 0.25) is 5.89 Å². The first-order valence-corrected chi connectivity index (χ1v) is 10.3. The summed E-state index contributed by atoms with van der Waals surface area (Å²) in [5.41, 5.74) is 1.33. The van der Waals surface area contributed by atoms with Crippen LogP contribution < -0.4 is 0 Å². The van der Waals surface area contributed by atoms with Crippen molar-refractivity contribution in [2.45, 2.75) is 89.8 Å². The van der Waals surface area contributed by atoms with Gasteiger partial charge in [0.1, 0.15) is 0 Å². The van der Waals surface area contributed by atoms with Crippen molar-refractivity contribution in [3.05, 3.63) is 29.9 Å². The molecule has 1 aliphatic heterocycles. The molecule has 1 saturated carbocycles. The minimum Gasteiger partial charge on any atom is -0.338 e. The van der Waals surface area contributed by atoms with E-state index in [1.807, 2.05) is 12.5 Å². The van der Waals surface area contributed by atoms with Gasteiger partial charge in [-0.25, -0.2) is 4.98 Å². The van der Waals surface area contributed by atoms with Gasteiger partial charge in [-0.3, -0.25) is 4.90 Å². The predicted octanol–water partition coefficient (Wildman–Crippen LogP) is 4.62. The van der Waals surface area contributed by atoms with Crippen LogP contribution in [-0.4, -0.2) is 31.1 Å².